The van der Waals surface area contributed by atoms with Crippen LogP contribution in [0.4, 0.5) is 13.2 Å². The van der Waals surface area contributed by atoms with E-state index in [2.05, 4.69) is 35.5 Å². The Labute approximate surface area is 340 Å². The van der Waals surface area contributed by atoms with Gasteiger partial charge in [-0.1, -0.05) is 20.8 Å². The van der Waals surface area contributed by atoms with E-state index in [4.69, 9.17) is 0 Å². The zero-order valence-corrected chi connectivity index (χ0v) is 34.7. The average Bonchev–Trinajstić information content (AvgIpc) is 3.21. The van der Waals surface area contributed by atoms with Gasteiger partial charge in [0.2, 0.25) is 0 Å². The highest BCUT2D eigenvalue weighted by Crippen LogP contribution is 2.19. The van der Waals surface area contributed by atoms with Crippen molar-refractivity contribution in [3.8, 4) is 0 Å². The summed E-state index contributed by atoms with van der Waals surface area (Å²) in [5.41, 5.74) is 1.86. The average molecular weight is 790 g/mol. The maximum Gasteiger partial charge on any atom is 0.162 e. The Balaban J connectivity index is 0.000000189. The first-order valence-corrected chi connectivity index (χ1v) is 21.5. The van der Waals surface area contributed by atoms with E-state index in [9.17, 15) is 27.6 Å². The quantitative estimate of drug-likeness (QED) is 0.143. The highest BCUT2D eigenvalue weighted by molar-refractivity contribution is 5.96. The number of carbonyl (C=O) groups is 3. The van der Waals surface area contributed by atoms with E-state index < -0.39 is 0 Å². The number of halogens is 3. The number of carbonyl (C=O) groups excluding carboxylic acids is 3. The summed E-state index contributed by atoms with van der Waals surface area (Å²) in [6.07, 6.45) is 12.0. The molecule has 0 saturated carbocycles. The predicted molar refractivity (Wildman–Crippen MR) is 224 cm³/mol. The minimum Gasteiger partial charge on any atom is -0.303 e. The molecule has 0 bridgehead atoms. The van der Waals surface area contributed by atoms with Gasteiger partial charge in [-0.05, 0) is 207 Å². The van der Waals surface area contributed by atoms with Crippen LogP contribution in [0.3, 0.4) is 0 Å². The Morgan fingerprint density at radius 3 is 0.842 bits per heavy atom. The summed E-state index contributed by atoms with van der Waals surface area (Å²) in [5.74, 6) is 2.00. The molecule has 0 atom stereocenters. The number of hydrogen-bond acceptors (Lipinski definition) is 6. The summed E-state index contributed by atoms with van der Waals surface area (Å²) in [5, 5.41) is 0. The van der Waals surface area contributed by atoms with Crippen LogP contribution in [0.15, 0.2) is 72.8 Å². The lowest BCUT2D eigenvalue weighted by molar-refractivity contribution is 0.0963. The molecule has 0 spiro atoms. The molecule has 0 radical (unpaired) electrons. The van der Waals surface area contributed by atoms with E-state index in [0.717, 1.165) is 95.9 Å². The van der Waals surface area contributed by atoms with Crippen molar-refractivity contribution in [2.45, 2.75) is 97.8 Å². The molecule has 3 aromatic rings. The highest BCUT2D eigenvalue weighted by atomic mass is 19.1. The molecule has 312 valence electrons. The first-order valence-electron chi connectivity index (χ1n) is 21.5. The van der Waals surface area contributed by atoms with Gasteiger partial charge in [0.25, 0.3) is 0 Å². The van der Waals surface area contributed by atoms with E-state index in [-0.39, 0.29) is 34.8 Å². The minimum absolute atomic E-state index is 0.116. The molecule has 57 heavy (non-hydrogen) atoms. The zero-order chi connectivity index (χ0) is 41.0. The Bertz CT molecular complexity index is 1420. The molecule has 6 nitrogen and oxygen atoms in total. The van der Waals surface area contributed by atoms with Gasteiger partial charge in [-0.15, -0.1) is 0 Å². The van der Waals surface area contributed by atoms with Crippen molar-refractivity contribution in [2.24, 2.45) is 17.8 Å². The Morgan fingerprint density at radius 2 is 0.632 bits per heavy atom. The fourth-order valence-electron chi connectivity index (χ4n) is 7.59. The second-order valence-electron chi connectivity index (χ2n) is 16.7. The zero-order valence-electron chi connectivity index (χ0n) is 34.7. The second kappa shape index (κ2) is 25.0. The van der Waals surface area contributed by atoms with Gasteiger partial charge in [0.1, 0.15) is 17.5 Å². The lowest BCUT2D eigenvalue weighted by atomic mass is 9.99. The fourth-order valence-corrected chi connectivity index (χ4v) is 7.59. The van der Waals surface area contributed by atoms with Gasteiger partial charge < -0.3 is 14.7 Å². The first kappa shape index (κ1) is 46.0. The van der Waals surface area contributed by atoms with Crippen molar-refractivity contribution in [3.05, 3.63) is 107 Å². The predicted octanol–water partition coefficient (Wildman–Crippen LogP) is 10.6. The smallest absolute Gasteiger partial charge is 0.162 e. The Kier molecular flexibility index (Phi) is 20.2. The van der Waals surface area contributed by atoms with E-state index >= 15 is 0 Å². The molecule has 0 aromatic heterocycles. The maximum atomic E-state index is 12.8. The number of likely N-dealkylation sites (tertiary alicyclic amines) is 3. The summed E-state index contributed by atoms with van der Waals surface area (Å²) < 4.78 is 38.3. The number of nitrogens with zero attached hydrogens (tertiary/aromatic N) is 3. The van der Waals surface area contributed by atoms with Crippen LogP contribution in [0.25, 0.3) is 0 Å². The molecule has 3 aliphatic rings. The molecule has 0 aliphatic carbocycles. The third-order valence-electron chi connectivity index (χ3n) is 11.8. The number of hydrogen-bond donors (Lipinski definition) is 0. The Hall–Kier alpha value is -3.66. The Morgan fingerprint density at radius 1 is 0.421 bits per heavy atom. The van der Waals surface area contributed by atoms with Gasteiger partial charge in [0.15, 0.2) is 17.3 Å². The summed E-state index contributed by atoms with van der Waals surface area (Å²) in [7, 11) is 0. The SMILES string of the molecule is CC1CCN(CCCC(=O)c2ccc(F)cc2)CC1.CC1CCN(CCCC(=O)c2ccc(F)cc2)CC1.CC1CCN(CCCC(=O)c2ccc(F)cc2)CC1. The summed E-state index contributed by atoms with van der Waals surface area (Å²) >= 11 is 0. The van der Waals surface area contributed by atoms with Crippen LogP contribution in [0.2, 0.25) is 0 Å². The molecule has 3 aliphatic heterocycles. The molecule has 3 saturated heterocycles. The normalized spacial score (nSPS) is 17.6. The molecule has 3 heterocycles. The van der Waals surface area contributed by atoms with Gasteiger partial charge in [0.05, 0.1) is 0 Å². The minimum atomic E-state index is -0.293. The number of ketones is 3. The van der Waals surface area contributed by atoms with Crippen molar-refractivity contribution in [1.29, 1.82) is 0 Å². The van der Waals surface area contributed by atoms with E-state index in [1.165, 1.54) is 74.9 Å². The van der Waals surface area contributed by atoms with Gasteiger partial charge in [-0.2, -0.15) is 0 Å². The highest BCUT2D eigenvalue weighted by Gasteiger charge is 2.18. The summed E-state index contributed by atoms with van der Waals surface area (Å²) in [4.78, 5) is 43.1. The number of rotatable bonds is 15. The third kappa shape index (κ3) is 17.8. The van der Waals surface area contributed by atoms with Gasteiger partial charge in [0, 0.05) is 36.0 Å². The maximum absolute atomic E-state index is 12.8. The van der Waals surface area contributed by atoms with Crippen molar-refractivity contribution in [1.82, 2.24) is 14.7 Å². The van der Waals surface area contributed by atoms with E-state index in [0.29, 0.717) is 36.0 Å². The standard InChI is InChI=1S/3C16H22FNO/c3*1-13-8-11-18(12-9-13)10-2-3-16(19)14-4-6-15(17)7-5-14/h3*4-7,13H,2-3,8-12H2,1H3. The van der Waals surface area contributed by atoms with Crippen molar-refractivity contribution in [2.75, 3.05) is 58.9 Å². The van der Waals surface area contributed by atoms with Crippen LogP contribution in [-0.2, 0) is 0 Å². The van der Waals surface area contributed by atoms with Crippen LogP contribution < -0.4 is 0 Å². The van der Waals surface area contributed by atoms with E-state index in [1.54, 1.807) is 36.4 Å². The lowest BCUT2D eigenvalue weighted by Crippen LogP contribution is -2.33. The van der Waals surface area contributed by atoms with Gasteiger partial charge >= 0.3 is 0 Å². The van der Waals surface area contributed by atoms with Crippen LogP contribution in [-0.4, -0.2) is 91.0 Å². The molecule has 3 fully saturated rings. The monoisotopic (exact) mass is 790 g/mol. The van der Waals surface area contributed by atoms with Crippen LogP contribution in [0.5, 0.6) is 0 Å². The van der Waals surface area contributed by atoms with Gasteiger partial charge in [-0.3, -0.25) is 14.4 Å². The van der Waals surface area contributed by atoms with Crippen molar-refractivity contribution in [3.63, 3.8) is 0 Å². The molecular formula is C48H66F3N3O3. The summed E-state index contributed by atoms with van der Waals surface area (Å²) in [6.45, 7) is 16.9. The molecule has 9 heteroatoms. The lowest BCUT2D eigenvalue weighted by Gasteiger charge is -2.29. The molecule has 0 N–H and O–H groups in total. The second-order valence-corrected chi connectivity index (χ2v) is 16.7. The van der Waals surface area contributed by atoms with Crippen molar-refractivity contribution >= 4 is 17.3 Å². The number of piperidine rings is 3. The van der Waals surface area contributed by atoms with Crippen LogP contribution in [0, 0.1) is 35.2 Å². The number of Topliss-reactive ketones (excluding diaryl/α,β-unsaturated/α-hetero) is 3. The molecule has 3 aromatic carbocycles. The fraction of sp³-hybridized carbons (Fsp3) is 0.562. The first-order chi connectivity index (χ1) is 27.4. The molecular weight excluding hydrogens is 724 g/mol. The van der Waals surface area contributed by atoms with Crippen LogP contribution >= 0.6 is 0 Å². The largest absolute Gasteiger partial charge is 0.303 e. The molecule has 6 rings (SSSR count). The molecule has 0 unspecified atom stereocenters. The van der Waals surface area contributed by atoms with Crippen LogP contribution in [0.1, 0.15) is 129 Å². The topological polar surface area (TPSA) is 60.9 Å². The molecule has 0 amide bonds. The van der Waals surface area contributed by atoms with E-state index in [1.807, 2.05) is 0 Å². The number of benzene rings is 3. The van der Waals surface area contributed by atoms with Crippen molar-refractivity contribution < 1.29 is 27.6 Å². The van der Waals surface area contributed by atoms with Gasteiger partial charge in [-0.25, -0.2) is 13.2 Å². The third-order valence-corrected chi connectivity index (χ3v) is 11.8. The summed E-state index contributed by atoms with van der Waals surface area (Å²) in [6, 6.07) is 17.5.